The molecule has 2 N–H and O–H groups in total. The number of carbonyl (C=O) groups is 1. The summed E-state index contributed by atoms with van der Waals surface area (Å²) in [5.74, 6) is -2.12. The third-order valence-corrected chi connectivity index (χ3v) is 3.67. The number of hydrogen-bond acceptors (Lipinski definition) is 4. The Hall–Kier alpha value is -1.86. The molecule has 106 valence electrons. The van der Waals surface area contributed by atoms with Crippen LogP contribution in [0.25, 0.3) is 0 Å². The Balaban J connectivity index is 2.04. The van der Waals surface area contributed by atoms with Crippen LogP contribution in [0.4, 0.5) is 8.78 Å². The van der Waals surface area contributed by atoms with Gasteiger partial charge in [0.05, 0.1) is 16.8 Å². The van der Waals surface area contributed by atoms with E-state index < -0.39 is 29.2 Å². The zero-order valence-corrected chi connectivity index (χ0v) is 11.4. The van der Waals surface area contributed by atoms with E-state index >= 15 is 0 Å². The van der Waals surface area contributed by atoms with Gasteiger partial charge in [-0.05, 0) is 19.1 Å². The molecule has 4 nitrogen and oxygen atoms in total. The van der Waals surface area contributed by atoms with Crippen LogP contribution in [0, 0.1) is 18.6 Å². The van der Waals surface area contributed by atoms with Crippen LogP contribution in [0.15, 0.2) is 23.7 Å². The minimum absolute atomic E-state index is 0.284. The summed E-state index contributed by atoms with van der Waals surface area (Å²) in [6.45, 7) is 1.40. The molecule has 0 saturated heterocycles. The summed E-state index contributed by atoms with van der Waals surface area (Å²) in [6.07, 6.45) is -1.45. The zero-order chi connectivity index (χ0) is 14.7. The number of aryl methyl sites for hydroxylation is 1. The minimum Gasteiger partial charge on any atom is -0.386 e. The van der Waals surface area contributed by atoms with Gasteiger partial charge in [-0.3, -0.25) is 4.79 Å². The van der Waals surface area contributed by atoms with E-state index in [-0.39, 0.29) is 6.54 Å². The van der Waals surface area contributed by atoms with Gasteiger partial charge in [-0.15, -0.1) is 11.3 Å². The summed E-state index contributed by atoms with van der Waals surface area (Å²) in [4.78, 5) is 16.1. The molecule has 7 heteroatoms. The molecular weight excluding hydrogens is 286 g/mol. The van der Waals surface area contributed by atoms with Gasteiger partial charge < -0.3 is 10.4 Å². The molecule has 1 aromatic carbocycles. The minimum atomic E-state index is -1.45. The molecular formula is C13H12F2N2O2S. The third kappa shape index (κ3) is 3.00. The molecule has 0 aliphatic carbocycles. The molecule has 0 spiro atoms. The Labute approximate surface area is 118 Å². The predicted molar refractivity (Wildman–Crippen MR) is 70.5 cm³/mol. The number of aromatic nitrogens is 1. The van der Waals surface area contributed by atoms with E-state index in [1.165, 1.54) is 11.6 Å². The van der Waals surface area contributed by atoms with E-state index in [0.29, 0.717) is 10.6 Å². The van der Waals surface area contributed by atoms with Gasteiger partial charge in [-0.25, -0.2) is 13.8 Å². The number of halogens is 2. The number of amides is 1. The summed E-state index contributed by atoms with van der Waals surface area (Å²) in [5, 5.41) is 12.2. The van der Waals surface area contributed by atoms with Crippen molar-refractivity contribution in [1.82, 2.24) is 10.3 Å². The average molecular weight is 298 g/mol. The van der Waals surface area contributed by atoms with Crippen molar-refractivity contribution in [2.24, 2.45) is 0 Å². The van der Waals surface area contributed by atoms with Crippen LogP contribution in [-0.2, 0) is 0 Å². The van der Waals surface area contributed by atoms with Gasteiger partial charge in [0.15, 0.2) is 0 Å². The Morgan fingerprint density at radius 1 is 1.45 bits per heavy atom. The molecule has 1 unspecified atom stereocenters. The highest BCUT2D eigenvalue weighted by Gasteiger charge is 2.19. The lowest BCUT2D eigenvalue weighted by Crippen LogP contribution is -2.29. The number of nitrogens with one attached hydrogen (secondary N) is 1. The topological polar surface area (TPSA) is 62.2 Å². The van der Waals surface area contributed by atoms with Crippen molar-refractivity contribution in [2.45, 2.75) is 13.0 Å². The first-order valence-electron chi connectivity index (χ1n) is 5.81. The standard InChI is InChI=1S/C13H12F2N2O2S/c1-7-12(20-6-17-7)13(19)16-5-10(18)11-8(14)3-2-4-9(11)15/h2-4,6,10,18H,5H2,1H3,(H,16,19). The Morgan fingerprint density at radius 2 is 2.10 bits per heavy atom. The maximum atomic E-state index is 13.4. The summed E-state index contributed by atoms with van der Waals surface area (Å²) in [5.41, 5.74) is 1.64. The molecule has 0 saturated carbocycles. The Kier molecular flexibility index (Phi) is 4.41. The summed E-state index contributed by atoms with van der Waals surface area (Å²) in [7, 11) is 0. The van der Waals surface area contributed by atoms with Gasteiger partial charge in [0, 0.05) is 6.54 Å². The van der Waals surface area contributed by atoms with Gasteiger partial charge in [0.1, 0.15) is 22.6 Å². The highest BCUT2D eigenvalue weighted by atomic mass is 32.1. The second-order valence-electron chi connectivity index (χ2n) is 4.13. The van der Waals surface area contributed by atoms with E-state index in [9.17, 15) is 18.7 Å². The molecule has 0 bridgehead atoms. The molecule has 0 aliphatic heterocycles. The van der Waals surface area contributed by atoms with Gasteiger partial charge in [-0.2, -0.15) is 0 Å². The van der Waals surface area contributed by atoms with Crippen LogP contribution in [0.2, 0.25) is 0 Å². The number of rotatable bonds is 4. The zero-order valence-electron chi connectivity index (χ0n) is 10.6. The fourth-order valence-corrected chi connectivity index (χ4v) is 2.44. The monoisotopic (exact) mass is 298 g/mol. The van der Waals surface area contributed by atoms with Crippen LogP contribution in [0.1, 0.15) is 27.0 Å². The number of hydrogen-bond donors (Lipinski definition) is 2. The molecule has 0 radical (unpaired) electrons. The number of thiazole rings is 1. The van der Waals surface area contributed by atoms with Crippen molar-refractivity contribution in [3.05, 3.63) is 51.5 Å². The molecule has 1 aromatic heterocycles. The second-order valence-corrected chi connectivity index (χ2v) is 4.98. The molecule has 1 heterocycles. The van der Waals surface area contributed by atoms with Crippen molar-refractivity contribution in [1.29, 1.82) is 0 Å². The highest BCUT2D eigenvalue weighted by molar-refractivity contribution is 7.11. The first-order chi connectivity index (χ1) is 9.50. The lowest BCUT2D eigenvalue weighted by molar-refractivity contribution is 0.0914. The number of aliphatic hydroxyl groups is 1. The maximum Gasteiger partial charge on any atom is 0.263 e. The smallest absolute Gasteiger partial charge is 0.263 e. The van der Waals surface area contributed by atoms with Crippen molar-refractivity contribution in [3.63, 3.8) is 0 Å². The molecule has 0 aliphatic rings. The normalized spacial score (nSPS) is 12.2. The Morgan fingerprint density at radius 3 is 2.65 bits per heavy atom. The van der Waals surface area contributed by atoms with Gasteiger partial charge in [0.25, 0.3) is 5.91 Å². The molecule has 2 rings (SSSR count). The largest absolute Gasteiger partial charge is 0.386 e. The fraction of sp³-hybridized carbons (Fsp3) is 0.231. The highest BCUT2D eigenvalue weighted by Crippen LogP contribution is 2.20. The quantitative estimate of drug-likeness (QED) is 0.909. The first kappa shape index (κ1) is 14.5. The Bertz CT molecular complexity index is 610. The van der Waals surface area contributed by atoms with Crippen molar-refractivity contribution in [2.75, 3.05) is 6.54 Å². The van der Waals surface area contributed by atoms with Crippen LogP contribution < -0.4 is 5.32 Å². The van der Waals surface area contributed by atoms with Gasteiger partial charge in [-0.1, -0.05) is 6.07 Å². The van der Waals surface area contributed by atoms with E-state index in [1.807, 2.05) is 0 Å². The number of carbonyl (C=O) groups excluding carboxylic acids is 1. The van der Waals surface area contributed by atoms with Gasteiger partial charge >= 0.3 is 0 Å². The average Bonchev–Trinajstić information content (AvgIpc) is 2.82. The number of aliphatic hydroxyl groups excluding tert-OH is 1. The van der Waals surface area contributed by atoms with Crippen LogP contribution >= 0.6 is 11.3 Å². The van der Waals surface area contributed by atoms with Crippen LogP contribution in [-0.4, -0.2) is 22.5 Å². The SMILES string of the molecule is Cc1ncsc1C(=O)NCC(O)c1c(F)cccc1F. The lowest BCUT2D eigenvalue weighted by atomic mass is 10.1. The molecule has 1 amide bonds. The summed E-state index contributed by atoms with van der Waals surface area (Å²) < 4.78 is 26.9. The van der Waals surface area contributed by atoms with Crippen molar-refractivity contribution >= 4 is 17.2 Å². The lowest BCUT2D eigenvalue weighted by Gasteiger charge is -2.13. The second kappa shape index (κ2) is 6.06. The van der Waals surface area contributed by atoms with Crippen LogP contribution in [0.3, 0.4) is 0 Å². The fourth-order valence-electron chi connectivity index (χ4n) is 1.72. The first-order valence-corrected chi connectivity index (χ1v) is 6.69. The molecule has 0 fully saturated rings. The van der Waals surface area contributed by atoms with Gasteiger partial charge in [0.2, 0.25) is 0 Å². The predicted octanol–water partition coefficient (Wildman–Crippen LogP) is 2.19. The number of benzene rings is 1. The summed E-state index contributed by atoms with van der Waals surface area (Å²) >= 11 is 1.16. The van der Waals surface area contributed by atoms with E-state index in [0.717, 1.165) is 23.5 Å². The van der Waals surface area contributed by atoms with Crippen molar-refractivity contribution < 1.29 is 18.7 Å². The van der Waals surface area contributed by atoms with E-state index in [4.69, 9.17) is 0 Å². The molecule has 2 aromatic rings. The summed E-state index contributed by atoms with van der Waals surface area (Å²) in [6, 6.07) is 3.31. The number of nitrogens with zero attached hydrogens (tertiary/aromatic N) is 1. The van der Waals surface area contributed by atoms with E-state index in [1.54, 1.807) is 6.92 Å². The van der Waals surface area contributed by atoms with Crippen molar-refractivity contribution in [3.8, 4) is 0 Å². The maximum absolute atomic E-state index is 13.4. The third-order valence-electron chi connectivity index (χ3n) is 2.74. The molecule has 20 heavy (non-hydrogen) atoms. The van der Waals surface area contributed by atoms with E-state index in [2.05, 4.69) is 10.3 Å². The van der Waals surface area contributed by atoms with Crippen LogP contribution in [0.5, 0.6) is 0 Å². The molecule has 1 atom stereocenters.